The lowest BCUT2D eigenvalue weighted by atomic mass is 10.2. The van der Waals surface area contributed by atoms with Crippen LogP contribution in [-0.2, 0) is 16.1 Å². The van der Waals surface area contributed by atoms with Crippen LogP contribution in [0.1, 0.15) is 15.2 Å². The van der Waals surface area contributed by atoms with E-state index in [-0.39, 0.29) is 5.56 Å². The van der Waals surface area contributed by atoms with Gasteiger partial charge in [0.05, 0.1) is 16.4 Å². The molecule has 2 rings (SSSR count). The van der Waals surface area contributed by atoms with Gasteiger partial charge >= 0.3 is 5.97 Å². The van der Waals surface area contributed by atoms with Gasteiger partial charge in [-0.1, -0.05) is 27.5 Å². The molecule has 0 aliphatic rings. The van der Waals surface area contributed by atoms with Crippen molar-refractivity contribution in [2.24, 2.45) is 0 Å². The van der Waals surface area contributed by atoms with E-state index < -0.39 is 24.3 Å². The summed E-state index contributed by atoms with van der Waals surface area (Å²) in [6.07, 6.45) is 0. The normalized spacial score (nSPS) is 10.4. The zero-order valence-electron chi connectivity index (χ0n) is 12.0. The van der Waals surface area contributed by atoms with Gasteiger partial charge in [0.1, 0.15) is 5.82 Å². The van der Waals surface area contributed by atoms with E-state index >= 15 is 0 Å². The average Bonchev–Trinajstić information content (AvgIpc) is 2.91. The topological polar surface area (TPSA) is 46.6 Å². The summed E-state index contributed by atoms with van der Waals surface area (Å²) in [6.45, 7) is -0.0978. The van der Waals surface area contributed by atoms with Gasteiger partial charge in [-0.15, -0.1) is 11.3 Å². The highest BCUT2D eigenvalue weighted by Gasteiger charge is 2.17. The number of benzene rings is 1. The van der Waals surface area contributed by atoms with E-state index in [1.807, 2.05) is 6.07 Å². The third-order valence-electron chi connectivity index (χ3n) is 2.92. The number of carbonyl (C=O) groups excluding carboxylic acids is 2. The highest BCUT2D eigenvalue weighted by atomic mass is 79.9. The molecule has 0 atom stereocenters. The molecular weight excluding hydrogens is 409 g/mol. The maximum Gasteiger partial charge on any atom is 0.341 e. The van der Waals surface area contributed by atoms with Crippen molar-refractivity contribution >= 4 is 50.7 Å². The van der Waals surface area contributed by atoms with Crippen LogP contribution in [-0.4, -0.2) is 30.4 Å². The summed E-state index contributed by atoms with van der Waals surface area (Å²) in [5, 5.41) is 0. The van der Waals surface area contributed by atoms with Crippen molar-refractivity contribution in [1.29, 1.82) is 0 Å². The van der Waals surface area contributed by atoms with Gasteiger partial charge in [0.2, 0.25) is 0 Å². The molecule has 1 heterocycles. The molecule has 23 heavy (non-hydrogen) atoms. The molecule has 1 amide bonds. The number of rotatable bonds is 5. The minimum absolute atomic E-state index is 0.222. The Bertz CT molecular complexity index is 737. The second kappa shape index (κ2) is 7.90. The molecule has 1 aromatic heterocycles. The number of hydrogen-bond acceptors (Lipinski definition) is 4. The second-order valence-electron chi connectivity index (χ2n) is 4.66. The van der Waals surface area contributed by atoms with Crippen LogP contribution in [0.5, 0.6) is 0 Å². The number of halogens is 3. The van der Waals surface area contributed by atoms with Crippen molar-refractivity contribution in [1.82, 2.24) is 4.90 Å². The van der Waals surface area contributed by atoms with Crippen LogP contribution in [0.15, 0.2) is 34.8 Å². The van der Waals surface area contributed by atoms with Crippen LogP contribution in [0.25, 0.3) is 0 Å². The van der Waals surface area contributed by atoms with Crippen LogP contribution >= 0.6 is 38.9 Å². The van der Waals surface area contributed by atoms with Crippen LogP contribution in [0.2, 0.25) is 4.34 Å². The Morgan fingerprint density at radius 1 is 1.35 bits per heavy atom. The average molecular weight is 421 g/mol. The third-order valence-corrected chi connectivity index (χ3v) is 4.63. The molecule has 122 valence electrons. The first-order valence-electron chi connectivity index (χ1n) is 6.47. The monoisotopic (exact) mass is 419 g/mol. The van der Waals surface area contributed by atoms with Gasteiger partial charge in [0, 0.05) is 16.4 Å². The molecule has 0 radical (unpaired) electrons. The van der Waals surface area contributed by atoms with E-state index in [9.17, 15) is 14.0 Å². The molecule has 0 saturated heterocycles. The Kier molecular flexibility index (Phi) is 6.15. The Morgan fingerprint density at radius 3 is 2.74 bits per heavy atom. The quantitative estimate of drug-likeness (QED) is 0.684. The first kappa shape index (κ1) is 17.9. The van der Waals surface area contributed by atoms with Crippen molar-refractivity contribution in [3.05, 3.63) is 55.4 Å². The molecule has 0 aliphatic carbocycles. The number of nitrogens with zero attached hydrogens (tertiary/aromatic N) is 1. The minimum atomic E-state index is -0.885. The maximum absolute atomic E-state index is 13.6. The zero-order valence-corrected chi connectivity index (χ0v) is 15.2. The number of amides is 1. The fourth-order valence-corrected chi connectivity index (χ4v) is 3.23. The Balaban J connectivity index is 1.90. The molecule has 0 fully saturated rings. The third kappa shape index (κ3) is 5.02. The molecule has 0 saturated carbocycles. The van der Waals surface area contributed by atoms with Crippen molar-refractivity contribution in [3.63, 3.8) is 0 Å². The van der Waals surface area contributed by atoms with Crippen molar-refractivity contribution in [2.45, 2.75) is 6.54 Å². The number of esters is 1. The molecule has 0 N–H and O–H groups in total. The molecular formula is C15H12BrClFNO3S. The summed E-state index contributed by atoms with van der Waals surface area (Å²) in [5.41, 5.74) is -0.222. The van der Waals surface area contributed by atoms with Gasteiger partial charge in [-0.2, -0.15) is 0 Å². The largest absolute Gasteiger partial charge is 0.452 e. The number of likely N-dealkylation sites (N-methyl/N-ethyl adjacent to an activating group) is 1. The molecule has 4 nitrogen and oxygen atoms in total. The first-order chi connectivity index (χ1) is 10.9. The van der Waals surface area contributed by atoms with Gasteiger partial charge in [-0.25, -0.2) is 9.18 Å². The lowest BCUT2D eigenvalue weighted by Crippen LogP contribution is -2.30. The standard InChI is InChI=1S/C15H12BrClFNO3S/c1-19(7-10-3-5-13(17)23-10)14(20)8-22-15(21)11-6-9(16)2-4-12(11)18/h2-6H,7-8H2,1H3. The smallest absolute Gasteiger partial charge is 0.341 e. The lowest BCUT2D eigenvalue weighted by Gasteiger charge is -2.16. The lowest BCUT2D eigenvalue weighted by molar-refractivity contribution is -0.133. The van der Waals surface area contributed by atoms with Gasteiger partial charge in [0.25, 0.3) is 5.91 Å². The van der Waals surface area contributed by atoms with Crippen molar-refractivity contribution in [2.75, 3.05) is 13.7 Å². The molecule has 8 heteroatoms. The summed E-state index contributed by atoms with van der Waals surface area (Å²) in [7, 11) is 1.59. The van der Waals surface area contributed by atoms with Gasteiger partial charge in [0.15, 0.2) is 6.61 Å². The number of carbonyl (C=O) groups is 2. The number of thiophene rings is 1. The number of hydrogen-bond donors (Lipinski definition) is 0. The zero-order chi connectivity index (χ0) is 17.0. The molecule has 1 aromatic carbocycles. The summed E-state index contributed by atoms with van der Waals surface area (Å²) in [4.78, 5) is 26.1. The van der Waals surface area contributed by atoms with Gasteiger partial charge < -0.3 is 9.64 Å². The summed E-state index contributed by atoms with van der Waals surface area (Å²) < 4.78 is 19.6. The van der Waals surface area contributed by atoms with Gasteiger partial charge in [-0.3, -0.25) is 4.79 Å². The molecule has 2 aromatic rings. The Labute approximate surface area is 149 Å². The fourth-order valence-electron chi connectivity index (χ4n) is 1.73. The fraction of sp³-hybridized carbons (Fsp3) is 0.200. The van der Waals surface area contributed by atoms with E-state index in [1.165, 1.54) is 28.4 Å². The maximum atomic E-state index is 13.6. The summed E-state index contributed by atoms with van der Waals surface area (Å²) in [5.74, 6) is -1.98. The first-order valence-corrected chi connectivity index (χ1v) is 8.46. The second-order valence-corrected chi connectivity index (χ2v) is 7.37. The molecule has 0 unspecified atom stereocenters. The molecule has 0 spiro atoms. The minimum Gasteiger partial charge on any atom is -0.452 e. The summed E-state index contributed by atoms with van der Waals surface area (Å²) in [6, 6.07) is 7.49. The van der Waals surface area contributed by atoms with E-state index in [2.05, 4.69) is 15.9 Å². The van der Waals surface area contributed by atoms with Crippen LogP contribution in [0.3, 0.4) is 0 Å². The van der Waals surface area contributed by atoms with E-state index in [0.717, 1.165) is 10.9 Å². The van der Waals surface area contributed by atoms with Crippen molar-refractivity contribution < 1.29 is 18.7 Å². The molecule has 0 aliphatic heterocycles. The summed E-state index contributed by atoms with van der Waals surface area (Å²) >= 11 is 10.3. The predicted octanol–water partition coefficient (Wildman–Crippen LogP) is 4.12. The van der Waals surface area contributed by atoms with E-state index in [0.29, 0.717) is 15.4 Å². The highest BCUT2D eigenvalue weighted by molar-refractivity contribution is 9.10. The van der Waals surface area contributed by atoms with Crippen LogP contribution < -0.4 is 0 Å². The Morgan fingerprint density at radius 2 is 2.09 bits per heavy atom. The van der Waals surface area contributed by atoms with Crippen molar-refractivity contribution in [3.8, 4) is 0 Å². The van der Waals surface area contributed by atoms with E-state index in [1.54, 1.807) is 13.1 Å². The SMILES string of the molecule is CN(Cc1ccc(Cl)s1)C(=O)COC(=O)c1cc(Br)ccc1F. The number of ether oxygens (including phenoxy) is 1. The predicted molar refractivity (Wildman–Crippen MR) is 90.2 cm³/mol. The van der Waals surface area contributed by atoms with Crippen LogP contribution in [0.4, 0.5) is 4.39 Å². The molecule has 0 bridgehead atoms. The van der Waals surface area contributed by atoms with Crippen LogP contribution in [0, 0.1) is 5.82 Å². The Hall–Kier alpha value is -1.44. The highest BCUT2D eigenvalue weighted by Crippen LogP contribution is 2.22. The van der Waals surface area contributed by atoms with Gasteiger partial charge in [-0.05, 0) is 30.3 Å². The van der Waals surface area contributed by atoms with E-state index in [4.69, 9.17) is 16.3 Å².